The zero-order valence-corrected chi connectivity index (χ0v) is 12.8. The topological polar surface area (TPSA) is 34.0 Å². The van der Waals surface area contributed by atoms with Crippen LogP contribution < -0.4 is 10.3 Å². The van der Waals surface area contributed by atoms with Crippen molar-refractivity contribution in [2.75, 3.05) is 11.0 Å². The van der Waals surface area contributed by atoms with Crippen LogP contribution in [0.5, 0.6) is 0 Å². The summed E-state index contributed by atoms with van der Waals surface area (Å²) in [5, 5.41) is 0. The van der Waals surface area contributed by atoms with E-state index in [2.05, 4.69) is 10.8 Å². The summed E-state index contributed by atoms with van der Waals surface area (Å²) in [5.74, 6) is 0. The van der Waals surface area contributed by atoms with E-state index >= 15 is 0 Å². The quantitative estimate of drug-likeness (QED) is 0.688. The number of hydrogen-bond donors (Lipinski definition) is 1. The molecule has 0 aliphatic carbocycles. The van der Waals surface area contributed by atoms with Gasteiger partial charge in [0, 0.05) is 35.5 Å². The molecule has 2 aromatic rings. The van der Waals surface area contributed by atoms with E-state index in [1.165, 1.54) is 0 Å². The number of nitrogens with zero attached hydrogens (tertiary/aromatic N) is 1. The van der Waals surface area contributed by atoms with Gasteiger partial charge >= 0.3 is 0 Å². The van der Waals surface area contributed by atoms with Gasteiger partial charge in [-0.1, -0.05) is 22.9 Å². The van der Waals surface area contributed by atoms with Gasteiger partial charge in [-0.2, -0.15) is 0 Å². The van der Waals surface area contributed by atoms with Crippen molar-refractivity contribution in [3.63, 3.8) is 0 Å². The number of anilines is 1. The fourth-order valence-electron chi connectivity index (χ4n) is 1.89. The summed E-state index contributed by atoms with van der Waals surface area (Å²) in [5.41, 5.74) is 4.03. The minimum Gasteiger partial charge on any atom is -0.321 e. The summed E-state index contributed by atoms with van der Waals surface area (Å²) in [7, 11) is 5.03. The molecule has 5 heteroatoms. The SMILES string of the molecule is CSSNc1cccc(-c2cc(C)c(=O)n(C)c2)c1. The molecule has 0 saturated carbocycles. The van der Waals surface area contributed by atoms with Gasteiger partial charge in [0.05, 0.1) is 0 Å². The summed E-state index contributed by atoms with van der Waals surface area (Å²) in [4.78, 5) is 11.7. The summed E-state index contributed by atoms with van der Waals surface area (Å²) < 4.78 is 4.88. The molecule has 0 radical (unpaired) electrons. The second-order valence-electron chi connectivity index (χ2n) is 4.26. The number of aryl methyl sites for hydroxylation is 2. The van der Waals surface area contributed by atoms with E-state index in [4.69, 9.17) is 0 Å². The molecule has 0 spiro atoms. The fraction of sp³-hybridized carbons (Fsp3) is 0.214. The third-order valence-corrected chi connectivity index (χ3v) is 4.04. The summed E-state index contributed by atoms with van der Waals surface area (Å²) in [6.07, 6.45) is 3.90. The van der Waals surface area contributed by atoms with E-state index in [-0.39, 0.29) is 5.56 Å². The Morgan fingerprint density at radius 2 is 2.00 bits per heavy atom. The first-order valence-corrected chi connectivity index (χ1v) is 8.41. The molecule has 1 aromatic heterocycles. The lowest BCUT2D eigenvalue weighted by molar-refractivity contribution is 0.851. The molecule has 0 aliphatic heterocycles. The number of benzene rings is 1. The minimum atomic E-state index is 0.0518. The lowest BCUT2D eigenvalue weighted by atomic mass is 10.1. The molecule has 1 N–H and O–H groups in total. The second kappa shape index (κ2) is 6.21. The van der Waals surface area contributed by atoms with E-state index in [1.807, 2.05) is 43.6 Å². The minimum absolute atomic E-state index is 0.0518. The maximum atomic E-state index is 11.7. The Bertz CT molecular complexity index is 611. The van der Waals surface area contributed by atoms with E-state index < -0.39 is 0 Å². The molecule has 3 nitrogen and oxygen atoms in total. The highest BCUT2D eigenvalue weighted by Gasteiger charge is 2.04. The average molecular weight is 292 g/mol. The van der Waals surface area contributed by atoms with Gasteiger partial charge in [0.1, 0.15) is 0 Å². The third kappa shape index (κ3) is 3.36. The van der Waals surface area contributed by atoms with Gasteiger partial charge in [0.25, 0.3) is 5.56 Å². The maximum Gasteiger partial charge on any atom is 0.253 e. The molecular formula is C14H16N2OS2. The van der Waals surface area contributed by atoms with Gasteiger partial charge in [-0.05, 0) is 42.5 Å². The van der Waals surface area contributed by atoms with Crippen LogP contribution in [0.15, 0.2) is 41.3 Å². The Morgan fingerprint density at radius 1 is 1.21 bits per heavy atom. The van der Waals surface area contributed by atoms with E-state index in [1.54, 1.807) is 33.4 Å². The first kappa shape index (κ1) is 14.1. The fourth-order valence-corrected chi connectivity index (χ4v) is 2.73. The molecule has 0 unspecified atom stereocenters. The predicted molar refractivity (Wildman–Crippen MR) is 86.6 cm³/mol. The van der Waals surface area contributed by atoms with E-state index in [0.717, 1.165) is 22.4 Å². The van der Waals surface area contributed by atoms with Gasteiger partial charge in [-0.25, -0.2) is 0 Å². The monoisotopic (exact) mass is 292 g/mol. The van der Waals surface area contributed by atoms with Crippen molar-refractivity contribution in [2.24, 2.45) is 7.05 Å². The summed E-state index contributed by atoms with van der Waals surface area (Å²) in [6.45, 7) is 1.84. The molecular weight excluding hydrogens is 276 g/mol. The zero-order valence-electron chi connectivity index (χ0n) is 11.1. The molecule has 0 amide bonds. The van der Waals surface area contributed by atoms with Crippen molar-refractivity contribution < 1.29 is 0 Å². The molecule has 100 valence electrons. The van der Waals surface area contributed by atoms with E-state index in [0.29, 0.717) is 0 Å². The van der Waals surface area contributed by atoms with Gasteiger partial charge < -0.3 is 9.29 Å². The molecule has 2 rings (SSSR count). The van der Waals surface area contributed by atoms with Crippen molar-refractivity contribution in [2.45, 2.75) is 6.92 Å². The average Bonchev–Trinajstić information content (AvgIpc) is 2.42. The maximum absolute atomic E-state index is 11.7. The van der Waals surface area contributed by atoms with Gasteiger partial charge in [0.2, 0.25) is 0 Å². The molecule has 1 heterocycles. The normalized spacial score (nSPS) is 10.5. The van der Waals surface area contributed by atoms with Crippen molar-refractivity contribution in [1.29, 1.82) is 0 Å². The van der Waals surface area contributed by atoms with Crippen LogP contribution in [0.25, 0.3) is 11.1 Å². The highest BCUT2D eigenvalue weighted by atomic mass is 33.1. The van der Waals surface area contributed by atoms with Crippen LogP contribution in [-0.4, -0.2) is 10.8 Å². The molecule has 0 atom stereocenters. The van der Waals surface area contributed by atoms with Gasteiger partial charge in [-0.15, -0.1) is 0 Å². The van der Waals surface area contributed by atoms with Crippen LogP contribution in [-0.2, 0) is 7.05 Å². The standard InChI is InChI=1S/C14H16N2OS2/c1-10-7-12(9-16(2)14(10)17)11-5-4-6-13(8-11)15-19-18-3/h4-9,15H,1-3H3. The number of nitrogens with one attached hydrogen (secondary N) is 1. The Morgan fingerprint density at radius 3 is 2.68 bits per heavy atom. The first-order valence-electron chi connectivity index (χ1n) is 5.85. The smallest absolute Gasteiger partial charge is 0.253 e. The summed E-state index contributed by atoms with van der Waals surface area (Å²) in [6, 6.07) is 10.1. The summed E-state index contributed by atoms with van der Waals surface area (Å²) >= 11 is 0. The molecule has 19 heavy (non-hydrogen) atoms. The van der Waals surface area contributed by atoms with Crippen molar-refractivity contribution in [1.82, 2.24) is 4.57 Å². The highest BCUT2D eigenvalue weighted by molar-refractivity contribution is 8.76. The van der Waals surface area contributed by atoms with Gasteiger partial charge in [-0.3, -0.25) is 4.79 Å². The van der Waals surface area contributed by atoms with E-state index in [9.17, 15) is 4.79 Å². The number of pyridine rings is 1. The molecule has 0 saturated heterocycles. The second-order valence-corrected chi connectivity index (χ2v) is 6.46. The van der Waals surface area contributed by atoms with Crippen LogP contribution in [0.2, 0.25) is 0 Å². The first-order chi connectivity index (χ1) is 9.11. The largest absolute Gasteiger partial charge is 0.321 e. The lowest BCUT2D eigenvalue weighted by Gasteiger charge is -2.09. The zero-order chi connectivity index (χ0) is 13.8. The van der Waals surface area contributed by atoms with Crippen LogP contribution in [0, 0.1) is 6.92 Å². The third-order valence-electron chi connectivity index (χ3n) is 2.80. The Balaban J connectivity index is 2.39. The number of hydrogen-bond acceptors (Lipinski definition) is 4. The number of rotatable bonds is 4. The van der Waals surface area contributed by atoms with Crippen molar-refractivity contribution in [3.8, 4) is 11.1 Å². The van der Waals surface area contributed by atoms with Crippen LogP contribution >= 0.6 is 21.8 Å². The number of aromatic nitrogens is 1. The lowest BCUT2D eigenvalue weighted by Crippen LogP contribution is -2.18. The van der Waals surface area contributed by atoms with Crippen LogP contribution in [0.3, 0.4) is 0 Å². The molecule has 0 bridgehead atoms. The Hall–Kier alpha value is -1.33. The van der Waals surface area contributed by atoms with Gasteiger partial charge in [0.15, 0.2) is 0 Å². The Kier molecular flexibility index (Phi) is 4.61. The van der Waals surface area contributed by atoms with Crippen molar-refractivity contribution >= 4 is 27.5 Å². The molecule has 0 aliphatic rings. The Labute approximate surface area is 121 Å². The highest BCUT2D eigenvalue weighted by Crippen LogP contribution is 2.26. The predicted octanol–water partition coefficient (Wildman–Crippen LogP) is 3.70. The van der Waals surface area contributed by atoms with Crippen LogP contribution in [0.1, 0.15) is 5.56 Å². The molecule has 0 fully saturated rings. The van der Waals surface area contributed by atoms with Crippen molar-refractivity contribution in [3.05, 3.63) is 52.4 Å². The van der Waals surface area contributed by atoms with Crippen LogP contribution in [0.4, 0.5) is 5.69 Å². The molecule has 1 aromatic carbocycles.